The van der Waals surface area contributed by atoms with Crippen LogP contribution in [0.25, 0.3) is 0 Å². The Morgan fingerprint density at radius 2 is 1.87 bits per heavy atom. The number of Topliss-reactive ketones (excluding diaryl/α,β-unsaturated/α-hetero) is 2. The highest BCUT2D eigenvalue weighted by molar-refractivity contribution is 5.91. The second-order valence-electron chi connectivity index (χ2n) is 11.0. The molecule has 8 atom stereocenters. The maximum absolute atomic E-state index is 17.1. The zero-order valence-corrected chi connectivity index (χ0v) is 18.6. The van der Waals surface area contributed by atoms with Crippen LogP contribution in [-0.2, 0) is 19.1 Å². The highest BCUT2D eigenvalue weighted by Crippen LogP contribution is 2.72. The third-order valence-electron chi connectivity index (χ3n) is 9.96. The molecule has 0 spiro atoms. The van der Waals surface area contributed by atoms with Gasteiger partial charge in [0.25, 0.3) is 0 Å². The summed E-state index contributed by atoms with van der Waals surface area (Å²) in [6.45, 7) is 6.42. The van der Waals surface area contributed by atoms with E-state index in [2.05, 4.69) is 6.92 Å². The molecule has 0 aromatic heterocycles. The quantitative estimate of drug-likeness (QED) is 0.700. The summed E-state index contributed by atoms with van der Waals surface area (Å²) in [5.41, 5.74) is -4.75. The summed E-state index contributed by atoms with van der Waals surface area (Å²) in [5.74, 6) is -1.13. The SMILES string of the molecule is CC(=O)OCC(=O)[C@@]1(O)[C@@H](C)C[C@@]2(F)[C@@H]3CC[C@H]4CC(=O)CC[C@]4(C)[C@H]3CC[C@@]21C. The van der Waals surface area contributed by atoms with Gasteiger partial charge in [0.05, 0.1) is 0 Å². The van der Waals surface area contributed by atoms with E-state index in [4.69, 9.17) is 4.74 Å². The fraction of sp³-hybridized carbons (Fsp3) is 0.875. The van der Waals surface area contributed by atoms with Crippen LogP contribution in [0.2, 0.25) is 0 Å². The molecule has 4 rings (SSSR count). The largest absolute Gasteiger partial charge is 0.458 e. The number of aliphatic hydroxyl groups is 1. The highest BCUT2D eigenvalue weighted by Gasteiger charge is 2.76. The molecule has 0 heterocycles. The minimum atomic E-state index is -1.84. The lowest BCUT2D eigenvalue weighted by Gasteiger charge is -2.62. The van der Waals surface area contributed by atoms with Gasteiger partial charge in [-0.2, -0.15) is 0 Å². The van der Waals surface area contributed by atoms with Crippen LogP contribution in [0.4, 0.5) is 4.39 Å². The van der Waals surface area contributed by atoms with Gasteiger partial charge in [-0.25, -0.2) is 4.39 Å². The minimum Gasteiger partial charge on any atom is -0.458 e. The van der Waals surface area contributed by atoms with E-state index in [1.54, 1.807) is 13.8 Å². The standard InChI is InChI=1S/C24H35FO5/c1-14-12-23(25)19-6-5-16-11-17(27)7-9-21(16,3)18(19)8-10-22(23,4)24(14,29)20(28)13-30-15(2)26/h14,16,18-19,29H,5-13H2,1-4H3/t14-,16-,18-,19+,21-,22-,23+,24-/m0/s1. The molecule has 6 heteroatoms. The Labute approximate surface area is 178 Å². The van der Waals surface area contributed by atoms with Gasteiger partial charge < -0.3 is 9.84 Å². The Morgan fingerprint density at radius 3 is 2.53 bits per heavy atom. The third-order valence-corrected chi connectivity index (χ3v) is 9.96. The van der Waals surface area contributed by atoms with Gasteiger partial charge in [0.1, 0.15) is 17.1 Å². The normalized spacial score (nSPS) is 50.3. The molecule has 30 heavy (non-hydrogen) atoms. The molecule has 0 aromatic carbocycles. The van der Waals surface area contributed by atoms with E-state index in [-0.39, 0.29) is 23.7 Å². The number of alkyl halides is 1. The summed E-state index contributed by atoms with van der Waals surface area (Å²) >= 11 is 0. The average Bonchev–Trinajstić information content (AvgIpc) is 2.84. The Bertz CT molecular complexity index is 782. The predicted octanol–water partition coefficient (Wildman–Crippen LogP) is 3.80. The summed E-state index contributed by atoms with van der Waals surface area (Å²) in [6, 6.07) is 0. The smallest absolute Gasteiger partial charge is 0.303 e. The molecule has 0 unspecified atom stereocenters. The third kappa shape index (κ3) is 2.64. The van der Waals surface area contributed by atoms with E-state index in [1.165, 1.54) is 6.92 Å². The Kier molecular flexibility index (Phi) is 5.00. The molecule has 5 nitrogen and oxygen atoms in total. The number of esters is 1. The van der Waals surface area contributed by atoms with Gasteiger partial charge >= 0.3 is 5.97 Å². The molecule has 0 amide bonds. The predicted molar refractivity (Wildman–Crippen MR) is 108 cm³/mol. The van der Waals surface area contributed by atoms with Crippen molar-refractivity contribution in [3.8, 4) is 0 Å². The second kappa shape index (κ2) is 6.85. The van der Waals surface area contributed by atoms with Crippen molar-refractivity contribution in [1.82, 2.24) is 0 Å². The highest BCUT2D eigenvalue weighted by atomic mass is 19.1. The van der Waals surface area contributed by atoms with Crippen LogP contribution < -0.4 is 0 Å². The Hall–Kier alpha value is -1.30. The molecule has 0 aliphatic heterocycles. The van der Waals surface area contributed by atoms with Crippen molar-refractivity contribution in [2.45, 2.75) is 90.3 Å². The van der Waals surface area contributed by atoms with Crippen molar-refractivity contribution < 1.29 is 28.6 Å². The van der Waals surface area contributed by atoms with Crippen molar-refractivity contribution >= 4 is 17.5 Å². The van der Waals surface area contributed by atoms with Crippen molar-refractivity contribution in [2.24, 2.45) is 34.5 Å². The van der Waals surface area contributed by atoms with Gasteiger partial charge in [0, 0.05) is 25.2 Å². The first kappa shape index (κ1) is 21.9. The Balaban J connectivity index is 1.68. The van der Waals surface area contributed by atoms with Crippen molar-refractivity contribution in [2.75, 3.05) is 6.61 Å². The molecule has 0 saturated heterocycles. The van der Waals surface area contributed by atoms with E-state index in [1.807, 2.05) is 0 Å². The first-order valence-electron chi connectivity index (χ1n) is 11.5. The number of carbonyl (C=O) groups excluding carboxylic acids is 3. The number of hydrogen-bond donors (Lipinski definition) is 1. The number of ketones is 2. The van der Waals surface area contributed by atoms with Gasteiger partial charge in [0.15, 0.2) is 6.61 Å². The summed E-state index contributed by atoms with van der Waals surface area (Å²) in [5, 5.41) is 11.7. The van der Waals surface area contributed by atoms with Crippen LogP contribution in [0.5, 0.6) is 0 Å². The molecular formula is C24H35FO5. The monoisotopic (exact) mass is 422 g/mol. The molecule has 0 radical (unpaired) electrons. The van der Waals surface area contributed by atoms with Crippen LogP contribution in [-0.4, -0.2) is 40.5 Å². The topological polar surface area (TPSA) is 80.7 Å². The maximum atomic E-state index is 17.1. The van der Waals surface area contributed by atoms with Crippen LogP contribution in [0.3, 0.4) is 0 Å². The van der Waals surface area contributed by atoms with E-state index in [0.29, 0.717) is 37.4 Å². The van der Waals surface area contributed by atoms with Crippen LogP contribution in [0.15, 0.2) is 0 Å². The maximum Gasteiger partial charge on any atom is 0.303 e. The lowest BCUT2D eigenvalue weighted by atomic mass is 9.43. The zero-order valence-electron chi connectivity index (χ0n) is 18.6. The number of halogens is 1. The Morgan fingerprint density at radius 1 is 1.17 bits per heavy atom. The van der Waals surface area contributed by atoms with Gasteiger partial charge in [-0.05, 0) is 67.6 Å². The molecule has 4 aliphatic rings. The van der Waals surface area contributed by atoms with E-state index >= 15 is 4.39 Å². The van der Waals surface area contributed by atoms with Gasteiger partial charge in [-0.3, -0.25) is 14.4 Å². The molecular weight excluding hydrogens is 387 g/mol. The van der Waals surface area contributed by atoms with E-state index in [0.717, 1.165) is 19.3 Å². The van der Waals surface area contributed by atoms with Gasteiger partial charge in [-0.1, -0.05) is 20.8 Å². The molecule has 4 aliphatic carbocycles. The lowest BCUT2D eigenvalue weighted by Crippen LogP contribution is -2.66. The number of hydrogen-bond acceptors (Lipinski definition) is 5. The fourth-order valence-corrected chi connectivity index (χ4v) is 8.21. The molecule has 1 N–H and O–H groups in total. The van der Waals surface area contributed by atoms with E-state index in [9.17, 15) is 19.5 Å². The second-order valence-corrected chi connectivity index (χ2v) is 11.0. The molecule has 4 fully saturated rings. The fourth-order valence-electron chi connectivity index (χ4n) is 8.21. The van der Waals surface area contributed by atoms with E-state index < -0.39 is 41.0 Å². The van der Waals surface area contributed by atoms with Crippen LogP contribution >= 0.6 is 0 Å². The van der Waals surface area contributed by atoms with Crippen molar-refractivity contribution in [1.29, 1.82) is 0 Å². The van der Waals surface area contributed by atoms with Crippen LogP contribution in [0.1, 0.15) is 79.1 Å². The number of fused-ring (bicyclic) bond motifs is 5. The number of carbonyl (C=O) groups is 3. The van der Waals surface area contributed by atoms with Crippen molar-refractivity contribution in [3.63, 3.8) is 0 Å². The molecule has 0 aromatic rings. The first-order valence-corrected chi connectivity index (χ1v) is 11.5. The minimum absolute atomic E-state index is 0.0526. The number of rotatable bonds is 3. The van der Waals surface area contributed by atoms with Gasteiger partial charge in [0.2, 0.25) is 5.78 Å². The summed E-state index contributed by atoms with van der Waals surface area (Å²) in [4.78, 5) is 36.3. The zero-order chi connectivity index (χ0) is 22.1. The summed E-state index contributed by atoms with van der Waals surface area (Å²) < 4.78 is 22.0. The lowest BCUT2D eigenvalue weighted by molar-refractivity contribution is -0.207. The molecule has 168 valence electrons. The average molecular weight is 423 g/mol. The first-order chi connectivity index (χ1) is 13.9. The van der Waals surface area contributed by atoms with Crippen molar-refractivity contribution in [3.05, 3.63) is 0 Å². The summed E-state index contributed by atoms with van der Waals surface area (Å²) in [6.07, 6.45) is 4.86. The molecule has 4 saturated carbocycles. The summed E-state index contributed by atoms with van der Waals surface area (Å²) in [7, 11) is 0. The number of ether oxygens (including phenoxy) is 1. The molecule has 0 bridgehead atoms. The van der Waals surface area contributed by atoms with Crippen LogP contribution in [0, 0.1) is 34.5 Å². The van der Waals surface area contributed by atoms with Gasteiger partial charge in [-0.15, -0.1) is 0 Å².